The SMILES string of the molecule is COc1ccc(/C=C\c2cc(OC)c(OC)c(OC)c2)cc1OC(=O)CCCOCCc1cn(CCCC(=O)Nc2cccc3c2C(=O)N(C2CCC(=O)NC2=O)C3=O)nn1. The molecule has 6 rings (SSSR count). The first-order valence-electron chi connectivity index (χ1n) is 19.5. The first kappa shape index (κ1) is 43.5. The molecular formula is C43H46N6O12. The number of aromatic nitrogens is 3. The summed E-state index contributed by atoms with van der Waals surface area (Å²) < 4.78 is 34.6. The van der Waals surface area contributed by atoms with Gasteiger partial charge in [-0.05, 0) is 66.8 Å². The average Bonchev–Trinajstić information content (AvgIpc) is 3.81. The number of nitrogens with one attached hydrogen (secondary N) is 2. The van der Waals surface area contributed by atoms with Gasteiger partial charge in [0.15, 0.2) is 23.0 Å². The minimum atomic E-state index is -1.11. The number of rotatable bonds is 20. The molecule has 1 atom stereocenters. The van der Waals surface area contributed by atoms with Crippen LogP contribution in [0.15, 0.2) is 54.7 Å². The minimum Gasteiger partial charge on any atom is -0.493 e. The Labute approximate surface area is 351 Å². The number of amides is 5. The number of benzene rings is 3. The summed E-state index contributed by atoms with van der Waals surface area (Å²) in [4.78, 5) is 76.8. The van der Waals surface area contributed by atoms with Crippen LogP contribution in [0.4, 0.5) is 5.69 Å². The van der Waals surface area contributed by atoms with Gasteiger partial charge in [0.2, 0.25) is 23.5 Å². The van der Waals surface area contributed by atoms with Crippen LogP contribution in [-0.4, -0.2) is 103 Å². The van der Waals surface area contributed by atoms with Gasteiger partial charge in [-0.25, -0.2) is 0 Å². The quantitative estimate of drug-likeness (QED) is 0.0419. The van der Waals surface area contributed by atoms with Crippen LogP contribution in [0.5, 0.6) is 28.7 Å². The number of methoxy groups -OCH3 is 4. The molecule has 0 saturated carbocycles. The maximum atomic E-state index is 13.3. The molecule has 1 aromatic heterocycles. The zero-order valence-corrected chi connectivity index (χ0v) is 34.2. The predicted molar refractivity (Wildman–Crippen MR) is 218 cm³/mol. The highest BCUT2D eigenvalue weighted by atomic mass is 16.6. The standard InChI is InChI=1S/C43H46N6O12/c1-56-32-16-14-26(12-13-27-23-34(57-2)40(59-4)35(24-27)58-3)22-33(32)61-38(52)11-7-20-60-21-18-28-25-48(47-46-28)19-6-10-36(50)44-30-9-5-8-29-39(30)43(55)49(42(29)54)31-15-17-37(51)45-41(31)53/h5,8-9,12-14,16,22-25,31H,6-7,10-11,15,17-21H2,1-4H3,(H,44,50)(H,45,51,53)/b13-12-. The average molecular weight is 839 g/mol. The summed E-state index contributed by atoms with van der Waals surface area (Å²) in [7, 11) is 6.14. The molecule has 0 radical (unpaired) electrons. The van der Waals surface area contributed by atoms with Crippen molar-refractivity contribution < 1.29 is 57.2 Å². The number of piperidine rings is 1. The molecule has 18 heteroatoms. The van der Waals surface area contributed by atoms with E-state index in [2.05, 4.69) is 20.9 Å². The van der Waals surface area contributed by atoms with Crippen molar-refractivity contribution in [3.8, 4) is 28.7 Å². The van der Waals surface area contributed by atoms with Gasteiger partial charge in [0.25, 0.3) is 11.8 Å². The Morgan fingerprint density at radius 1 is 0.836 bits per heavy atom. The van der Waals surface area contributed by atoms with Gasteiger partial charge in [0, 0.05) is 45.0 Å². The molecule has 1 fully saturated rings. The fourth-order valence-electron chi connectivity index (χ4n) is 6.83. The lowest BCUT2D eigenvalue weighted by Crippen LogP contribution is -2.54. The van der Waals surface area contributed by atoms with Crippen molar-refractivity contribution in [1.29, 1.82) is 0 Å². The predicted octanol–water partition coefficient (Wildman–Crippen LogP) is 4.25. The zero-order valence-electron chi connectivity index (χ0n) is 34.2. The molecule has 0 bridgehead atoms. The zero-order chi connectivity index (χ0) is 43.5. The second-order valence-corrected chi connectivity index (χ2v) is 13.9. The number of nitrogens with zero attached hydrogens (tertiary/aromatic N) is 4. The lowest BCUT2D eigenvalue weighted by atomic mass is 10.0. The third-order valence-corrected chi connectivity index (χ3v) is 9.86. The van der Waals surface area contributed by atoms with Gasteiger partial charge in [-0.15, -0.1) is 5.10 Å². The Bertz CT molecular complexity index is 2310. The highest BCUT2D eigenvalue weighted by Gasteiger charge is 2.45. The maximum Gasteiger partial charge on any atom is 0.311 e. The Hall–Kier alpha value is -7.08. The highest BCUT2D eigenvalue weighted by molar-refractivity contribution is 6.26. The third-order valence-electron chi connectivity index (χ3n) is 9.86. The topological polar surface area (TPSA) is 216 Å². The van der Waals surface area contributed by atoms with Crippen molar-refractivity contribution in [3.63, 3.8) is 0 Å². The van der Waals surface area contributed by atoms with Gasteiger partial charge >= 0.3 is 5.97 Å². The number of fused-ring (bicyclic) bond motifs is 1. The number of esters is 1. The van der Waals surface area contributed by atoms with E-state index in [1.54, 1.807) is 50.4 Å². The largest absolute Gasteiger partial charge is 0.493 e. The van der Waals surface area contributed by atoms with Gasteiger partial charge < -0.3 is 33.7 Å². The molecule has 3 heterocycles. The molecule has 0 spiro atoms. The van der Waals surface area contributed by atoms with E-state index < -0.39 is 35.6 Å². The molecule has 1 unspecified atom stereocenters. The monoisotopic (exact) mass is 838 g/mol. The minimum absolute atomic E-state index is 0.00473. The second kappa shape index (κ2) is 20.3. The van der Waals surface area contributed by atoms with E-state index in [4.69, 9.17) is 28.4 Å². The summed E-state index contributed by atoms with van der Waals surface area (Å²) in [5, 5.41) is 13.2. The van der Waals surface area contributed by atoms with E-state index in [9.17, 15) is 28.8 Å². The fourth-order valence-corrected chi connectivity index (χ4v) is 6.83. The third kappa shape index (κ3) is 10.6. The first-order valence-corrected chi connectivity index (χ1v) is 19.5. The molecule has 320 valence electrons. The van der Waals surface area contributed by atoms with Gasteiger partial charge in [-0.3, -0.25) is 43.7 Å². The summed E-state index contributed by atoms with van der Waals surface area (Å²) in [6, 6.07) is 12.3. The molecule has 18 nitrogen and oxygen atoms in total. The van der Waals surface area contributed by atoms with Crippen LogP contribution < -0.4 is 34.3 Å². The second-order valence-electron chi connectivity index (χ2n) is 13.9. The van der Waals surface area contributed by atoms with Crippen LogP contribution in [0, 0.1) is 0 Å². The number of carbonyl (C=O) groups excluding carboxylic acids is 6. The van der Waals surface area contributed by atoms with Gasteiger partial charge in [0.05, 0.1) is 57.6 Å². The fraction of sp³-hybridized carbons (Fsp3) is 0.349. The van der Waals surface area contributed by atoms with Crippen LogP contribution in [0.1, 0.15) is 76.1 Å². The molecule has 61 heavy (non-hydrogen) atoms. The summed E-state index contributed by atoms with van der Waals surface area (Å²) in [5.41, 5.74) is 2.53. The number of anilines is 1. The Balaban J connectivity index is 0.894. The van der Waals surface area contributed by atoms with Crippen LogP contribution in [0.3, 0.4) is 0 Å². The van der Waals surface area contributed by atoms with Gasteiger partial charge in [-0.2, -0.15) is 0 Å². The molecule has 2 aliphatic rings. The number of hydrogen-bond acceptors (Lipinski definition) is 14. The van der Waals surface area contributed by atoms with E-state index in [0.717, 1.165) is 16.0 Å². The number of ether oxygens (including phenoxy) is 6. The molecule has 1 saturated heterocycles. The first-order chi connectivity index (χ1) is 29.5. The lowest BCUT2D eigenvalue weighted by molar-refractivity contribution is -0.136. The van der Waals surface area contributed by atoms with E-state index in [1.165, 1.54) is 19.2 Å². The molecular weight excluding hydrogens is 793 g/mol. The number of hydrogen-bond donors (Lipinski definition) is 2. The summed E-state index contributed by atoms with van der Waals surface area (Å²) in [5.74, 6) is -1.09. The van der Waals surface area contributed by atoms with Crippen molar-refractivity contribution in [2.75, 3.05) is 47.0 Å². The van der Waals surface area contributed by atoms with Gasteiger partial charge in [-0.1, -0.05) is 29.5 Å². The van der Waals surface area contributed by atoms with Crippen LogP contribution in [0.2, 0.25) is 0 Å². The van der Waals surface area contributed by atoms with E-state index >= 15 is 0 Å². The van der Waals surface area contributed by atoms with Crippen molar-refractivity contribution in [3.05, 3.63) is 82.7 Å². The molecule has 4 aromatic rings. The molecule has 0 aliphatic carbocycles. The summed E-state index contributed by atoms with van der Waals surface area (Å²) in [6.07, 6.45) is 7.08. The number of aryl methyl sites for hydroxylation is 1. The normalized spacial score (nSPS) is 14.8. The van der Waals surface area contributed by atoms with Crippen molar-refractivity contribution >= 4 is 53.3 Å². The lowest BCUT2D eigenvalue weighted by Gasteiger charge is -2.27. The van der Waals surface area contributed by atoms with Crippen LogP contribution in [0.25, 0.3) is 12.2 Å². The Kier molecular flexibility index (Phi) is 14.4. The van der Waals surface area contributed by atoms with E-state index in [1.807, 2.05) is 30.4 Å². The Morgan fingerprint density at radius 2 is 1.57 bits per heavy atom. The van der Waals surface area contributed by atoms with E-state index in [0.29, 0.717) is 67.7 Å². The van der Waals surface area contributed by atoms with Crippen LogP contribution in [-0.2, 0) is 36.9 Å². The summed E-state index contributed by atoms with van der Waals surface area (Å²) >= 11 is 0. The molecule has 3 aromatic carbocycles. The molecule has 2 N–H and O–H groups in total. The van der Waals surface area contributed by atoms with Crippen molar-refractivity contribution in [2.24, 2.45) is 0 Å². The maximum absolute atomic E-state index is 13.3. The van der Waals surface area contributed by atoms with Crippen molar-refractivity contribution in [2.45, 2.75) is 57.5 Å². The van der Waals surface area contributed by atoms with Crippen LogP contribution >= 0.6 is 0 Å². The van der Waals surface area contributed by atoms with Crippen molar-refractivity contribution in [1.82, 2.24) is 25.2 Å². The van der Waals surface area contributed by atoms with E-state index in [-0.39, 0.29) is 54.2 Å². The molecule has 5 amide bonds. The number of carbonyl (C=O) groups is 6. The summed E-state index contributed by atoms with van der Waals surface area (Å²) in [6.45, 7) is 1.08. The van der Waals surface area contributed by atoms with Gasteiger partial charge in [0.1, 0.15) is 6.04 Å². The highest BCUT2D eigenvalue weighted by Crippen LogP contribution is 2.39. The number of imide groups is 2. The Morgan fingerprint density at radius 3 is 2.30 bits per heavy atom. The smallest absolute Gasteiger partial charge is 0.311 e. The molecule has 2 aliphatic heterocycles.